The van der Waals surface area contributed by atoms with Gasteiger partial charge in [-0.05, 0) is 57.0 Å². The van der Waals surface area contributed by atoms with Gasteiger partial charge in [-0.25, -0.2) is 5.01 Å². The number of aryl methyl sites for hydroxylation is 1. The Kier molecular flexibility index (Phi) is 6.32. The summed E-state index contributed by atoms with van der Waals surface area (Å²) in [6.45, 7) is 7.42. The summed E-state index contributed by atoms with van der Waals surface area (Å²) in [5.74, 6) is -0.929. The molecule has 2 amide bonds. The summed E-state index contributed by atoms with van der Waals surface area (Å²) in [7, 11) is 0. The molecule has 6 heteroatoms. The molecule has 0 bridgehead atoms. The van der Waals surface area contributed by atoms with E-state index in [1.807, 2.05) is 19.1 Å². The Morgan fingerprint density at radius 2 is 1.54 bits per heavy atom. The lowest BCUT2D eigenvalue weighted by Gasteiger charge is -2.39. The van der Waals surface area contributed by atoms with Gasteiger partial charge in [-0.15, -0.1) is 0 Å². The van der Waals surface area contributed by atoms with Crippen LogP contribution in [0.3, 0.4) is 0 Å². The predicted molar refractivity (Wildman–Crippen MR) is 105 cm³/mol. The summed E-state index contributed by atoms with van der Waals surface area (Å²) >= 11 is 12.5. The number of hydrazine groups is 1. The highest BCUT2D eigenvalue weighted by atomic mass is 35.5. The molecule has 2 aromatic carbocycles. The fourth-order valence-electron chi connectivity index (χ4n) is 2.48. The molecule has 0 saturated heterocycles. The standard InChI is InChI=1S/C20H22Cl2N2O2/c1-5-14-10-12-15(13-11-14)18(25)24(22)23(20(2,3)4)19(26)16-8-6-7-9-17(16)21/h6-13H,5H2,1-4H3. The zero-order valence-corrected chi connectivity index (χ0v) is 16.8. The molecule has 0 unspecified atom stereocenters. The summed E-state index contributed by atoms with van der Waals surface area (Å²) in [4.78, 5) is 25.9. The van der Waals surface area contributed by atoms with Crippen LogP contribution in [0.1, 0.15) is 54.0 Å². The van der Waals surface area contributed by atoms with E-state index in [9.17, 15) is 9.59 Å². The lowest BCUT2D eigenvalue weighted by atomic mass is 10.1. The lowest BCUT2D eigenvalue weighted by molar-refractivity contribution is -0.00369. The summed E-state index contributed by atoms with van der Waals surface area (Å²) < 4.78 is 0.840. The Morgan fingerprint density at radius 1 is 0.962 bits per heavy atom. The van der Waals surface area contributed by atoms with Crippen molar-refractivity contribution in [2.45, 2.75) is 39.7 Å². The van der Waals surface area contributed by atoms with Crippen LogP contribution in [0, 0.1) is 0 Å². The van der Waals surface area contributed by atoms with Crippen LogP contribution in [-0.4, -0.2) is 26.9 Å². The minimum atomic E-state index is -0.739. The van der Waals surface area contributed by atoms with Crippen molar-refractivity contribution in [2.24, 2.45) is 0 Å². The van der Waals surface area contributed by atoms with E-state index in [4.69, 9.17) is 23.4 Å². The topological polar surface area (TPSA) is 40.6 Å². The molecule has 4 nitrogen and oxygen atoms in total. The first-order valence-electron chi connectivity index (χ1n) is 8.35. The van der Waals surface area contributed by atoms with Crippen molar-refractivity contribution < 1.29 is 9.59 Å². The third-order valence-electron chi connectivity index (χ3n) is 3.88. The van der Waals surface area contributed by atoms with Gasteiger partial charge in [0.1, 0.15) is 0 Å². The molecule has 0 aliphatic carbocycles. The normalized spacial score (nSPS) is 11.2. The van der Waals surface area contributed by atoms with Crippen molar-refractivity contribution >= 4 is 35.2 Å². The van der Waals surface area contributed by atoms with Gasteiger partial charge in [-0.3, -0.25) is 9.59 Å². The smallest absolute Gasteiger partial charge is 0.267 e. The van der Waals surface area contributed by atoms with E-state index in [0.29, 0.717) is 10.6 Å². The maximum Gasteiger partial charge on any atom is 0.287 e. The first-order chi connectivity index (χ1) is 12.2. The van der Waals surface area contributed by atoms with E-state index >= 15 is 0 Å². The Morgan fingerprint density at radius 3 is 2.04 bits per heavy atom. The lowest BCUT2D eigenvalue weighted by Crippen LogP contribution is -2.54. The maximum absolute atomic E-state index is 13.1. The van der Waals surface area contributed by atoms with Crippen LogP contribution in [0.4, 0.5) is 0 Å². The average molecular weight is 393 g/mol. The third kappa shape index (κ3) is 4.37. The van der Waals surface area contributed by atoms with Crippen molar-refractivity contribution in [1.29, 1.82) is 0 Å². The van der Waals surface area contributed by atoms with E-state index in [1.54, 1.807) is 57.2 Å². The van der Waals surface area contributed by atoms with Gasteiger partial charge >= 0.3 is 0 Å². The van der Waals surface area contributed by atoms with Crippen molar-refractivity contribution in [3.63, 3.8) is 0 Å². The fourth-order valence-corrected chi connectivity index (χ4v) is 3.09. The number of carbonyl (C=O) groups is 2. The van der Waals surface area contributed by atoms with Gasteiger partial charge in [0, 0.05) is 17.3 Å². The van der Waals surface area contributed by atoms with Crippen LogP contribution in [-0.2, 0) is 6.42 Å². The van der Waals surface area contributed by atoms with Gasteiger partial charge in [-0.1, -0.05) is 42.8 Å². The van der Waals surface area contributed by atoms with Crippen LogP contribution in [0.2, 0.25) is 5.02 Å². The summed E-state index contributed by atoms with van der Waals surface area (Å²) in [5, 5.41) is 1.52. The zero-order valence-electron chi connectivity index (χ0n) is 15.3. The van der Waals surface area contributed by atoms with Crippen LogP contribution in [0.15, 0.2) is 48.5 Å². The van der Waals surface area contributed by atoms with Crippen molar-refractivity contribution in [1.82, 2.24) is 9.54 Å². The van der Waals surface area contributed by atoms with Gasteiger partial charge in [0.2, 0.25) is 0 Å². The molecule has 0 saturated carbocycles. The highest BCUT2D eigenvalue weighted by molar-refractivity contribution is 6.34. The van der Waals surface area contributed by atoms with E-state index < -0.39 is 17.4 Å². The molecule has 0 atom stereocenters. The van der Waals surface area contributed by atoms with Gasteiger partial charge in [-0.2, -0.15) is 4.53 Å². The highest BCUT2D eigenvalue weighted by Gasteiger charge is 2.36. The molecule has 0 aliphatic rings. The Hall–Kier alpha value is -2.04. The monoisotopic (exact) mass is 392 g/mol. The number of hydrogen-bond donors (Lipinski definition) is 0. The number of benzene rings is 2. The third-order valence-corrected chi connectivity index (χ3v) is 4.52. The summed E-state index contributed by atoms with van der Waals surface area (Å²) in [5.41, 5.74) is 1.06. The molecule has 0 fully saturated rings. The minimum Gasteiger partial charge on any atom is -0.267 e. The minimum absolute atomic E-state index is 0.281. The van der Waals surface area contributed by atoms with Crippen LogP contribution in [0.25, 0.3) is 0 Å². The second-order valence-electron chi connectivity index (χ2n) is 6.88. The van der Waals surface area contributed by atoms with E-state index in [1.165, 1.54) is 5.01 Å². The van der Waals surface area contributed by atoms with E-state index in [0.717, 1.165) is 16.5 Å². The highest BCUT2D eigenvalue weighted by Crippen LogP contribution is 2.26. The predicted octanol–water partition coefficient (Wildman–Crippen LogP) is 5.35. The molecule has 138 valence electrons. The Labute approximate surface area is 164 Å². The van der Waals surface area contributed by atoms with Crippen LogP contribution in [0.5, 0.6) is 0 Å². The molecule has 0 aromatic heterocycles. The Bertz CT molecular complexity index is 798. The van der Waals surface area contributed by atoms with Crippen molar-refractivity contribution in [3.8, 4) is 0 Å². The summed E-state index contributed by atoms with van der Waals surface area (Å²) in [6, 6.07) is 13.8. The van der Waals surface area contributed by atoms with Gasteiger partial charge in [0.15, 0.2) is 0 Å². The molecule has 0 aliphatic heterocycles. The number of nitrogens with zero attached hydrogens (tertiary/aromatic N) is 2. The molecule has 0 heterocycles. The molecule has 2 aromatic rings. The number of carbonyl (C=O) groups excluding carboxylic acids is 2. The number of amides is 2. The molecule has 26 heavy (non-hydrogen) atoms. The van der Waals surface area contributed by atoms with Crippen molar-refractivity contribution in [2.75, 3.05) is 0 Å². The molecular weight excluding hydrogens is 371 g/mol. The largest absolute Gasteiger partial charge is 0.287 e. The fraction of sp³-hybridized carbons (Fsp3) is 0.300. The molecular formula is C20H22Cl2N2O2. The molecule has 0 radical (unpaired) electrons. The van der Waals surface area contributed by atoms with E-state index in [-0.39, 0.29) is 5.56 Å². The first kappa shape index (κ1) is 20.3. The molecule has 2 rings (SSSR count). The zero-order chi connectivity index (χ0) is 19.5. The van der Waals surface area contributed by atoms with Crippen LogP contribution >= 0.6 is 23.4 Å². The van der Waals surface area contributed by atoms with Crippen molar-refractivity contribution in [3.05, 3.63) is 70.2 Å². The summed E-state index contributed by atoms with van der Waals surface area (Å²) in [6.07, 6.45) is 0.873. The molecule has 0 N–H and O–H groups in total. The van der Waals surface area contributed by atoms with Gasteiger partial charge in [0.05, 0.1) is 16.1 Å². The number of hydrogen-bond acceptors (Lipinski definition) is 2. The first-order valence-corrected chi connectivity index (χ1v) is 9.06. The number of rotatable bonds is 3. The van der Waals surface area contributed by atoms with Gasteiger partial charge in [0.25, 0.3) is 11.8 Å². The van der Waals surface area contributed by atoms with Gasteiger partial charge < -0.3 is 0 Å². The van der Waals surface area contributed by atoms with E-state index in [2.05, 4.69) is 0 Å². The second-order valence-corrected chi connectivity index (χ2v) is 7.61. The quantitative estimate of drug-likeness (QED) is 0.521. The molecule has 0 spiro atoms. The Balaban J connectivity index is 2.38. The number of halogens is 2. The second kappa shape index (κ2) is 8.11. The maximum atomic E-state index is 13.1. The SMILES string of the molecule is CCc1ccc(C(=O)N(Cl)N(C(=O)c2ccccc2Cl)C(C)(C)C)cc1. The average Bonchev–Trinajstić information content (AvgIpc) is 2.60. The van der Waals surface area contributed by atoms with Crippen LogP contribution < -0.4 is 0 Å².